The van der Waals surface area contributed by atoms with E-state index >= 15 is 0 Å². The van der Waals surface area contributed by atoms with Crippen molar-refractivity contribution in [2.45, 2.75) is 77.8 Å². The van der Waals surface area contributed by atoms with Crippen LogP contribution >= 0.6 is 0 Å². The normalized spacial score (nSPS) is 21.1. The van der Waals surface area contributed by atoms with E-state index in [0.29, 0.717) is 12.2 Å². The van der Waals surface area contributed by atoms with Gasteiger partial charge in [0, 0.05) is 44.5 Å². The van der Waals surface area contributed by atoms with Gasteiger partial charge in [-0.3, -0.25) is 0 Å². The second kappa shape index (κ2) is 9.25. The highest BCUT2D eigenvalue weighted by molar-refractivity contribution is 7.89. The van der Waals surface area contributed by atoms with Crippen LogP contribution in [0.15, 0.2) is 23.4 Å². The first kappa shape index (κ1) is 25.5. The first-order chi connectivity index (χ1) is 15.2. The van der Waals surface area contributed by atoms with E-state index < -0.39 is 10.0 Å². The number of nitrogens with one attached hydrogen (secondary N) is 3. The van der Waals surface area contributed by atoms with Gasteiger partial charge in [-0.2, -0.15) is 0 Å². The average molecular weight is 477 g/mol. The molecule has 0 saturated heterocycles. The molecule has 0 bridgehead atoms. The second-order valence-electron chi connectivity index (χ2n) is 11.2. The lowest BCUT2D eigenvalue weighted by Crippen LogP contribution is -2.48. The Kier molecular flexibility index (Phi) is 7.15. The van der Waals surface area contributed by atoms with Crippen molar-refractivity contribution in [2.75, 3.05) is 24.2 Å². The Morgan fingerprint density at radius 1 is 1.21 bits per heavy atom. The number of hydrogen-bond acceptors (Lipinski definition) is 6. The van der Waals surface area contributed by atoms with Crippen LogP contribution in [0.3, 0.4) is 0 Å². The maximum absolute atomic E-state index is 13.1. The van der Waals surface area contributed by atoms with E-state index in [1.54, 1.807) is 24.7 Å². The molecule has 1 aliphatic rings. The largest absolute Gasteiger partial charge is 0.382 e. The van der Waals surface area contributed by atoms with E-state index in [9.17, 15) is 8.42 Å². The molecule has 1 aliphatic carbocycles. The Balaban J connectivity index is 1.80. The number of aryl methyl sites for hydroxylation is 2. The summed E-state index contributed by atoms with van der Waals surface area (Å²) in [6.45, 7) is 13.5. The van der Waals surface area contributed by atoms with Gasteiger partial charge in [-0.05, 0) is 49.1 Å². The number of rotatable bonds is 7. The number of imidazole rings is 1. The molecule has 0 amide bonds. The molecule has 33 heavy (non-hydrogen) atoms. The lowest BCUT2D eigenvalue weighted by atomic mass is 9.69. The molecule has 3 N–H and O–H groups in total. The van der Waals surface area contributed by atoms with Crippen molar-refractivity contribution >= 4 is 21.5 Å². The van der Waals surface area contributed by atoms with Gasteiger partial charge in [0.2, 0.25) is 0 Å². The maximum atomic E-state index is 13.1. The summed E-state index contributed by atoms with van der Waals surface area (Å²) >= 11 is 0. The summed E-state index contributed by atoms with van der Waals surface area (Å²) in [4.78, 5) is 9.13. The smallest absolute Gasteiger partial charge is 0.259 e. The predicted molar refractivity (Wildman–Crippen MR) is 134 cm³/mol. The van der Waals surface area contributed by atoms with Gasteiger partial charge in [-0.1, -0.05) is 34.6 Å². The quantitative estimate of drug-likeness (QED) is 0.552. The Morgan fingerprint density at radius 2 is 1.91 bits per heavy atom. The van der Waals surface area contributed by atoms with Crippen molar-refractivity contribution in [2.24, 2.45) is 17.9 Å². The van der Waals surface area contributed by atoms with Crippen LogP contribution < -0.4 is 15.4 Å². The van der Waals surface area contributed by atoms with E-state index in [1.165, 1.54) is 0 Å². The van der Waals surface area contributed by atoms with Crippen LogP contribution in [-0.2, 0) is 17.1 Å². The van der Waals surface area contributed by atoms with Crippen LogP contribution in [-0.4, -0.2) is 42.6 Å². The standard InChI is InChI=1S/C24H40N6O2S/c1-16-27-21(14-30(16)8)33(31,32)29-20-13-17(11-12-24(20,5)6)18-9-10-19(22(25-7)28-18)26-15-23(2,3)4/h9-10,14,17,20,26,29H,11-13,15H2,1-8H3,(H,25,28). The number of aromatic nitrogens is 3. The first-order valence-corrected chi connectivity index (χ1v) is 13.1. The fourth-order valence-electron chi connectivity index (χ4n) is 4.22. The zero-order chi connectivity index (χ0) is 24.6. The van der Waals surface area contributed by atoms with E-state index in [1.807, 2.05) is 7.05 Å². The summed E-state index contributed by atoms with van der Waals surface area (Å²) in [6.07, 6.45) is 4.14. The molecular weight excluding hydrogens is 436 g/mol. The Morgan fingerprint density at radius 3 is 2.48 bits per heavy atom. The average Bonchev–Trinajstić information content (AvgIpc) is 3.06. The molecule has 2 heterocycles. The van der Waals surface area contributed by atoms with Crippen LogP contribution in [0, 0.1) is 17.8 Å². The molecule has 3 rings (SSSR count). The Hall–Kier alpha value is -2.13. The number of pyridine rings is 1. The Bertz CT molecular complexity index is 1070. The van der Waals surface area contributed by atoms with Crippen molar-refractivity contribution in [1.82, 2.24) is 19.3 Å². The molecule has 1 fully saturated rings. The number of hydrogen-bond donors (Lipinski definition) is 3. The van der Waals surface area contributed by atoms with Crippen molar-refractivity contribution < 1.29 is 8.42 Å². The molecular formula is C24H40N6O2S. The van der Waals surface area contributed by atoms with Crippen molar-refractivity contribution in [3.05, 3.63) is 29.8 Å². The highest BCUT2D eigenvalue weighted by Gasteiger charge is 2.40. The molecule has 2 atom stereocenters. The molecule has 0 radical (unpaired) electrons. The number of anilines is 2. The molecule has 1 saturated carbocycles. The van der Waals surface area contributed by atoms with Gasteiger partial charge in [0.1, 0.15) is 11.6 Å². The third-order valence-electron chi connectivity index (χ3n) is 6.64. The highest BCUT2D eigenvalue weighted by atomic mass is 32.2. The third kappa shape index (κ3) is 6.06. The minimum Gasteiger partial charge on any atom is -0.382 e. The van der Waals surface area contributed by atoms with Gasteiger partial charge in [-0.25, -0.2) is 23.1 Å². The van der Waals surface area contributed by atoms with Gasteiger partial charge in [0.05, 0.1) is 5.69 Å². The SMILES string of the molecule is CNc1nc(C2CCC(C)(C)C(NS(=O)(=O)c3cn(C)c(C)n3)C2)ccc1NCC(C)(C)C. The van der Waals surface area contributed by atoms with Gasteiger partial charge < -0.3 is 15.2 Å². The van der Waals surface area contributed by atoms with Crippen LogP contribution in [0.5, 0.6) is 0 Å². The molecule has 9 heteroatoms. The van der Waals surface area contributed by atoms with Crippen molar-refractivity contribution in [3.8, 4) is 0 Å². The summed E-state index contributed by atoms with van der Waals surface area (Å²) in [5, 5.41) is 6.77. The molecule has 0 aliphatic heterocycles. The highest BCUT2D eigenvalue weighted by Crippen LogP contribution is 2.43. The molecule has 8 nitrogen and oxygen atoms in total. The van der Waals surface area contributed by atoms with E-state index in [0.717, 1.165) is 36.6 Å². The first-order valence-electron chi connectivity index (χ1n) is 11.7. The van der Waals surface area contributed by atoms with Crippen LogP contribution in [0.2, 0.25) is 0 Å². The molecule has 2 aromatic rings. The zero-order valence-electron chi connectivity index (χ0n) is 21.3. The van der Waals surface area contributed by atoms with Gasteiger partial charge in [0.15, 0.2) is 5.03 Å². The summed E-state index contributed by atoms with van der Waals surface area (Å²) < 4.78 is 30.8. The van der Waals surface area contributed by atoms with E-state index in [2.05, 4.69) is 67.1 Å². The minimum atomic E-state index is -3.70. The van der Waals surface area contributed by atoms with Crippen LogP contribution in [0.25, 0.3) is 0 Å². The minimum absolute atomic E-state index is 0.0743. The molecule has 0 aromatic carbocycles. The molecule has 0 spiro atoms. The fourth-order valence-corrected chi connectivity index (χ4v) is 5.68. The van der Waals surface area contributed by atoms with Gasteiger partial charge in [0.25, 0.3) is 10.0 Å². The third-order valence-corrected chi connectivity index (χ3v) is 7.98. The number of sulfonamides is 1. The summed E-state index contributed by atoms with van der Waals surface area (Å²) in [5.74, 6) is 1.67. The predicted octanol–water partition coefficient (Wildman–Crippen LogP) is 4.26. The maximum Gasteiger partial charge on any atom is 0.259 e. The van der Waals surface area contributed by atoms with Gasteiger partial charge >= 0.3 is 0 Å². The fraction of sp³-hybridized carbons (Fsp3) is 0.667. The molecule has 2 aromatic heterocycles. The van der Waals surface area contributed by atoms with Crippen molar-refractivity contribution in [1.29, 1.82) is 0 Å². The lowest BCUT2D eigenvalue weighted by molar-refractivity contribution is 0.170. The monoisotopic (exact) mass is 476 g/mol. The topological polar surface area (TPSA) is 101 Å². The zero-order valence-corrected chi connectivity index (χ0v) is 22.1. The summed E-state index contributed by atoms with van der Waals surface area (Å²) in [7, 11) is -0.0262. The summed E-state index contributed by atoms with van der Waals surface area (Å²) in [6, 6.07) is 3.94. The summed E-state index contributed by atoms with van der Waals surface area (Å²) in [5.41, 5.74) is 1.98. The lowest BCUT2D eigenvalue weighted by Gasteiger charge is -2.42. The van der Waals surface area contributed by atoms with Gasteiger partial charge in [-0.15, -0.1) is 0 Å². The van der Waals surface area contributed by atoms with Crippen LogP contribution in [0.1, 0.15) is 71.3 Å². The van der Waals surface area contributed by atoms with Crippen molar-refractivity contribution in [3.63, 3.8) is 0 Å². The molecule has 2 unspecified atom stereocenters. The number of nitrogens with zero attached hydrogens (tertiary/aromatic N) is 3. The van der Waals surface area contributed by atoms with E-state index in [4.69, 9.17) is 4.98 Å². The second-order valence-corrected chi connectivity index (χ2v) is 12.8. The van der Waals surface area contributed by atoms with Crippen LogP contribution in [0.4, 0.5) is 11.5 Å². The van der Waals surface area contributed by atoms with E-state index in [-0.39, 0.29) is 27.8 Å². The molecule has 184 valence electrons. The Labute approximate surface area is 199 Å².